The standard InChI is InChI=1S/C16H15FN4O2S/c17-11-1-3-12(4-2-11)21-15-13(9-20-21)16(19-10-18-15)24-8-5-14-22-6-7-23-14/h1-4,9-10,14H,5-8H2. The molecular formula is C16H15FN4O2S. The van der Waals surface area contributed by atoms with Crippen molar-refractivity contribution in [2.24, 2.45) is 0 Å². The minimum atomic E-state index is -0.280. The van der Waals surface area contributed by atoms with E-state index in [1.54, 1.807) is 34.8 Å². The van der Waals surface area contributed by atoms with Crippen molar-refractivity contribution in [3.05, 3.63) is 42.6 Å². The molecule has 1 fully saturated rings. The highest BCUT2D eigenvalue weighted by Gasteiger charge is 2.16. The van der Waals surface area contributed by atoms with Crippen LogP contribution in [0.25, 0.3) is 16.7 Å². The predicted molar refractivity (Wildman–Crippen MR) is 87.7 cm³/mol. The molecule has 1 aromatic carbocycles. The molecule has 24 heavy (non-hydrogen) atoms. The molecule has 0 N–H and O–H groups in total. The van der Waals surface area contributed by atoms with Crippen molar-refractivity contribution in [2.45, 2.75) is 17.7 Å². The zero-order valence-electron chi connectivity index (χ0n) is 12.8. The van der Waals surface area contributed by atoms with E-state index < -0.39 is 0 Å². The second kappa shape index (κ2) is 6.84. The Morgan fingerprint density at radius 1 is 1.17 bits per heavy atom. The molecule has 0 amide bonds. The van der Waals surface area contributed by atoms with Gasteiger partial charge in [-0.05, 0) is 24.3 Å². The lowest BCUT2D eigenvalue weighted by Crippen LogP contribution is -2.08. The van der Waals surface area contributed by atoms with Crippen LogP contribution in [0.15, 0.2) is 41.8 Å². The highest BCUT2D eigenvalue weighted by molar-refractivity contribution is 7.99. The quantitative estimate of drug-likeness (QED) is 0.523. The van der Waals surface area contributed by atoms with Gasteiger partial charge in [-0.2, -0.15) is 5.10 Å². The summed E-state index contributed by atoms with van der Waals surface area (Å²) in [6.07, 6.45) is 3.96. The Labute approximate surface area is 142 Å². The lowest BCUT2D eigenvalue weighted by atomic mass is 10.3. The maximum atomic E-state index is 13.1. The minimum absolute atomic E-state index is 0.114. The molecule has 0 spiro atoms. The van der Waals surface area contributed by atoms with Gasteiger partial charge in [0.1, 0.15) is 17.2 Å². The van der Waals surface area contributed by atoms with Crippen molar-refractivity contribution in [2.75, 3.05) is 19.0 Å². The number of hydrogen-bond acceptors (Lipinski definition) is 6. The van der Waals surface area contributed by atoms with Crippen molar-refractivity contribution in [1.29, 1.82) is 0 Å². The van der Waals surface area contributed by atoms with Crippen molar-refractivity contribution in [1.82, 2.24) is 19.7 Å². The Morgan fingerprint density at radius 2 is 1.96 bits per heavy atom. The van der Waals surface area contributed by atoms with Crippen LogP contribution in [0.4, 0.5) is 4.39 Å². The molecule has 3 aromatic rings. The van der Waals surface area contributed by atoms with Crippen molar-refractivity contribution < 1.29 is 13.9 Å². The second-order valence-corrected chi connectivity index (χ2v) is 6.34. The number of benzene rings is 1. The van der Waals surface area contributed by atoms with Crippen LogP contribution in [0.5, 0.6) is 0 Å². The first-order chi connectivity index (χ1) is 11.8. The first-order valence-corrected chi connectivity index (χ1v) is 8.60. The molecule has 3 heterocycles. The lowest BCUT2D eigenvalue weighted by Gasteiger charge is -2.08. The number of aromatic nitrogens is 4. The van der Waals surface area contributed by atoms with Crippen molar-refractivity contribution in [3.8, 4) is 5.69 Å². The number of rotatable bonds is 5. The summed E-state index contributed by atoms with van der Waals surface area (Å²) >= 11 is 1.62. The Kier molecular flexibility index (Phi) is 4.42. The predicted octanol–water partition coefficient (Wildman–Crippen LogP) is 2.81. The van der Waals surface area contributed by atoms with Gasteiger partial charge in [0.2, 0.25) is 0 Å². The lowest BCUT2D eigenvalue weighted by molar-refractivity contribution is -0.0421. The Hall–Kier alpha value is -2.03. The summed E-state index contributed by atoms with van der Waals surface area (Å²) in [5.41, 5.74) is 1.46. The topological polar surface area (TPSA) is 62.1 Å². The summed E-state index contributed by atoms with van der Waals surface area (Å²) in [5.74, 6) is 0.552. The maximum Gasteiger partial charge on any atom is 0.167 e. The number of nitrogens with zero attached hydrogens (tertiary/aromatic N) is 4. The number of ether oxygens (including phenoxy) is 2. The fourth-order valence-corrected chi connectivity index (χ4v) is 3.46. The van der Waals surface area contributed by atoms with Gasteiger partial charge in [0, 0.05) is 12.2 Å². The van der Waals surface area contributed by atoms with E-state index >= 15 is 0 Å². The van der Waals surface area contributed by atoms with E-state index in [1.165, 1.54) is 18.5 Å². The molecule has 0 atom stereocenters. The molecule has 0 aliphatic carbocycles. The number of thioether (sulfide) groups is 1. The van der Waals surface area contributed by atoms with Crippen LogP contribution in [0, 0.1) is 5.82 Å². The van der Waals surface area contributed by atoms with Gasteiger partial charge in [-0.1, -0.05) is 0 Å². The van der Waals surface area contributed by atoms with Gasteiger partial charge in [0.05, 0.1) is 30.5 Å². The van der Waals surface area contributed by atoms with Crippen LogP contribution >= 0.6 is 11.8 Å². The molecule has 1 aliphatic heterocycles. The molecule has 2 aromatic heterocycles. The first kappa shape index (κ1) is 15.5. The molecule has 1 aliphatic rings. The van der Waals surface area contributed by atoms with E-state index in [4.69, 9.17) is 9.47 Å². The molecular weight excluding hydrogens is 331 g/mol. The smallest absolute Gasteiger partial charge is 0.167 e. The molecule has 6 nitrogen and oxygen atoms in total. The number of halogens is 1. The van der Waals surface area contributed by atoms with Crippen LogP contribution in [-0.4, -0.2) is 45.0 Å². The van der Waals surface area contributed by atoms with E-state index in [9.17, 15) is 4.39 Å². The molecule has 0 bridgehead atoms. The summed E-state index contributed by atoms with van der Waals surface area (Å²) in [5, 5.41) is 6.11. The van der Waals surface area contributed by atoms with Gasteiger partial charge in [-0.25, -0.2) is 19.0 Å². The third-order valence-corrected chi connectivity index (χ3v) is 4.72. The summed E-state index contributed by atoms with van der Waals surface area (Å²) in [7, 11) is 0. The maximum absolute atomic E-state index is 13.1. The third-order valence-electron chi connectivity index (χ3n) is 3.68. The van der Waals surface area contributed by atoms with Gasteiger partial charge in [0.25, 0.3) is 0 Å². The summed E-state index contributed by atoms with van der Waals surface area (Å²) in [6, 6.07) is 6.15. The fourth-order valence-electron chi connectivity index (χ4n) is 2.53. The van der Waals surface area contributed by atoms with Crippen molar-refractivity contribution >= 4 is 22.8 Å². The zero-order valence-corrected chi connectivity index (χ0v) is 13.6. The van der Waals surface area contributed by atoms with E-state index in [0.29, 0.717) is 18.9 Å². The summed E-state index contributed by atoms with van der Waals surface area (Å²) in [4.78, 5) is 8.67. The van der Waals surface area contributed by atoms with Crippen LogP contribution in [0.1, 0.15) is 6.42 Å². The molecule has 8 heteroatoms. The zero-order chi connectivity index (χ0) is 16.4. The average molecular weight is 346 g/mol. The van der Waals surface area contributed by atoms with E-state index in [0.717, 1.165) is 28.3 Å². The molecule has 0 saturated carbocycles. The van der Waals surface area contributed by atoms with Gasteiger partial charge >= 0.3 is 0 Å². The largest absolute Gasteiger partial charge is 0.350 e. The normalized spacial score (nSPS) is 15.4. The highest BCUT2D eigenvalue weighted by Crippen LogP contribution is 2.27. The molecule has 124 valence electrons. The SMILES string of the molecule is Fc1ccc(-n2ncc3c(SCCC4OCCO4)ncnc32)cc1. The van der Waals surface area contributed by atoms with E-state index in [-0.39, 0.29) is 12.1 Å². The van der Waals surface area contributed by atoms with Gasteiger partial charge < -0.3 is 9.47 Å². The Balaban J connectivity index is 1.55. The Bertz CT molecular complexity index is 834. The molecule has 1 saturated heterocycles. The van der Waals surface area contributed by atoms with Crippen LogP contribution < -0.4 is 0 Å². The summed E-state index contributed by atoms with van der Waals surface area (Å²) in [6.45, 7) is 1.33. The first-order valence-electron chi connectivity index (χ1n) is 7.62. The van der Waals surface area contributed by atoms with Crippen LogP contribution in [-0.2, 0) is 9.47 Å². The minimum Gasteiger partial charge on any atom is -0.350 e. The van der Waals surface area contributed by atoms with E-state index in [1.807, 2.05) is 0 Å². The summed E-state index contributed by atoms with van der Waals surface area (Å²) < 4.78 is 25.6. The molecule has 0 radical (unpaired) electrons. The molecule has 4 rings (SSSR count). The van der Waals surface area contributed by atoms with Crippen LogP contribution in [0.3, 0.4) is 0 Å². The highest BCUT2D eigenvalue weighted by atomic mass is 32.2. The number of hydrogen-bond donors (Lipinski definition) is 0. The average Bonchev–Trinajstić information content (AvgIpc) is 3.25. The number of fused-ring (bicyclic) bond motifs is 1. The molecule has 0 unspecified atom stereocenters. The van der Waals surface area contributed by atoms with Gasteiger partial charge in [-0.3, -0.25) is 0 Å². The second-order valence-electron chi connectivity index (χ2n) is 5.26. The monoisotopic (exact) mass is 346 g/mol. The van der Waals surface area contributed by atoms with Crippen molar-refractivity contribution in [3.63, 3.8) is 0 Å². The van der Waals surface area contributed by atoms with E-state index in [2.05, 4.69) is 15.1 Å². The fraction of sp³-hybridized carbons (Fsp3) is 0.312. The van der Waals surface area contributed by atoms with Gasteiger partial charge in [0.15, 0.2) is 11.9 Å². The Morgan fingerprint density at radius 3 is 2.75 bits per heavy atom. The third kappa shape index (κ3) is 3.12. The van der Waals surface area contributed by atoms with Gasteiger partial charge in [-0.15, -0.1) is 11.8 Å². The van der Waals surface area contributed by atoms with Crippen LogP contribution in [0.2, 0.25) is 0 Å².